The molecule has 7 heteroatoms. The Morgan fingerprint density at radius 1 is 1.13 bits per heavy atom. The van der Waals surface area contributed by atoms with Crippen LogP contribution in [0.25, 0.3) is 0 Å². The normalized spacial score (nSPS) is 11.8. The van der Waals surface area contributed by atoms with Crippen molar-refractivity contribution >= 4 is 35.0 Å². The maximum absolute atomic E-state index is 12.4. The molecule has 2 amide bonds. The predicted molar refractivity (Wildman–Crippen MR) is 90.7 cm³/mol. The average molecular weight is 352 g/mol. The van der Waals surface area contributed by atoms with Crippen molar-refractivity contribution in [2.45, 2.75) is 6.04 Å². The third-order valence-corrected chi connectivity index (χ3v) is 3.85. The number of carbonyl (C=O) groups is 2. The van der Waals surface area contributed by atoms with E-state index in [1.165, 1.54) is 18.2 Å². The highest BCUT2D eigenvalue weighted by atomic mass is 35.5. The van der Waals surface area contributed by atoms with E-state index in [4.69, 9.17) is 34.7 Å². The fourth-order valence-electron chi connectivity index (χ4n) is 2.10. The Morgan fingerprint density at radius 3 is 2.48 bits per heavy atom. The summed E-state index contributed by atoms with van der Waals surface area (Å²) in [7, 11) is 0. The van der Waals surface area contributed by atoms with E-state index in [0.717, 1.165) is 5.56 Å². The molecule has 0 bridgehead atoms. The van der Waals surface area contributed by atoms with Gasteiger partial charge < -0.3 is 16.8 Å². The van der Waals surface area contributed by atoms with E-state index in [2.05, 4.69) is 5.32 Å². The minimum Gasteiger partial charge on any atom is -0.366 e. The number of amides is 2. The molecule has 0 unspecified atom stereocenters. The number of hydrogen-bond acceptors (Lipinski definition) is 3. The first-order chi connectivity index (χ1) is 10.9. The fourth-order valence-corrected chi connectivity index (χ4v) is 2.51. The van der Waals surface area contributed by atoms with Crippen molar-refractivity contribution in [3.63, 3.8) is 0 Å². The lowest BCUT2D eigenvalue weighted by molar-refractivity contribution is 0.0938. The fraction of sp³-hybridized carbons (Fsp3) is 0.125. The van der Waals surface area contributed by atoms with Gasteiger partial charge in [-0.25, -0.2) is 0 Å². The van der Waals surface area contributed by atoms with Crippen molar-refractivity contribution in [3.05, 3.63) is 69.2 Å². The maximum Gasteiger partial charge on any atom is 0.251 e. The Hall–Kier alpha value is -2.08. The standard InChI is InChI=1S/C16H15Cl2N3O2/c17-11-3-1-2-9(6-11)14(8-19)21-16(23)10-4-5-13(18)12(7-10)15(20)22/h1-7,14H,8,19H2,(H2,20,22)(H,21,23)/t14-/m0/s1. The summed E-state index contributed by atoms with van der Waals surface area (Å²) in [5.74, 6) is -1.09. The van der Waals surface area contributed by atoms with Crippen LogP contribution in [0.3, 0.4) is 0 Å². The van der Waals surface area contributed by atoms with Crippen LogP contribution in [0.1, 0.15) is 32.3 Å². The molecule has 0 fully saturated rings. The summed E-state index contributed by atoms with van der Waals surface area (Å²) in [5, 5.41) is 3.54. The van der Waals surface area contributed by atoms with Crippen molar-refractivity contribution in [1.29, 1.82) is 0 Å². The number of nitrogens with one attached hydrogen (secondary N) is 1. The van der Waals surface area contributed by atoms with Gasteiger partial charge in [0.05, 0.1) is 16.6 Å². The Morgan fingerprint density at radius 2 is 1.87 bits per heavy atom. The molecule has 23 heavy (non-hydrogen) atoms. The van der Waals surface area contributed by atoms with Crippen molar-refractivity contribution < 1.29 is 9.59 Å². The van der Waals surface area contributed by atoms with Crippen molar-refractivity contribution in [2.75, 3.05) is 6.54 Å². The number of hydrogen-bond donors (Lipinski definition) is 3. The first-order valence-corrected chi connectivity index (χ1v) is 7.53. The first-order valence-electron chi connectivity index (χ1n) is 6.78. The van der Waals surface area contributed by atoms with Gasteiger partial charge in [0.25, 0.3) is 5.91 Å². The van der Waals surface area contributed by atoms with Crippen LogP contribution in [0.4, 0.5) is 0 Å². The molecule has 120 valence electrons. The first kappa shape index (κ1) is 17.3. The Kier molecular flexibility index (Phi) is 5.60. The summed E-state index contributed by atoms with van der Waals surface area (Å²) in [4.78, 5) is 23.7. The van der Waals surface area contributed by atoms with Crippen LogP contribution in [0, 0.1) is 0 Å². The minimum absolute atomic E-state index is 0.0892. The molecule has 5 N–H and O–H groups in total. The lowest BCUT2D eigenvalue weighted by Crippen LogP contribution is -2.33. The van der Waals surface area contributed by atoms with E-state index in [0.29, 0.717) is 5.02 Å². The van der Waals surface area contributed by atoms with Crippen molar-refractivity contribution in [1.82, 2.24) is 5.32 Å². The molecule has 0 aliphatic carbocycles. The van der Waals surface area contributed by atoms with Gasteiger partial charge in [0.2, 0.25) is 5.91 Å². The minimum atomic E-state index is -0.699. The van der Waals surface area contributed by atoms with Gasteiger partial charge in [-0.15, -0.1) is 0 Å². The SMILES string of the molecule is NC[C@H](NC(=O)c1ccc(Cl)c(C(N)=O)c1)c1cccc(Cl)c1. The second-order valence-electron chi connectivity index (χ2n) is 4.88. The topological polar surface area (TPSA) is 98.2 Å². The molecule has 0 aliphatic heterocycles. The molecule has 0 aromatic heterocycles. The van der Waals surface area contributed by atoms with Crippen LogP contribution < -0.4 is 16.8 Å². The van der Waals surface area contributed by atoms with Gasteiger partial charge in [-0.05, 0) is 35.9 Å². The number of nitrogens with two attached hydrogens (primary N) is 2. The average Bonchev–Trinajstić information content (AvgIpc) is 2.52. The second kappa shape index (κ2) is 7.46. The molecule has 0 heterocycles. The monoisotopic (exact) mass is 351 g/mol. The number of primary amides is 1. The molecule has 0 saturated carbocycles. The van der Waals surface area contributed by atoms with Crippen LogP contribution >= 0.6 is 23.2 Å². The summed E-state index contributed by atoms with van der Waals surface area (Å²) in [6, 6.07) is 11.0. The van der Waals surface area contributed by atoms with E-state index in [-0.39, 0.29) is 28.6 Å². The zero-order chi connectivity index (χ0) is 17.0. The molecule has 5 nitrogen and oxygen atoms in total. The highest BCUT2D eigenvalue weighted by molar-refractivity contribution is 6.34. The van der Waals surface area contributed by atoms with Crippen molar-refractivity contribution in [2.24, 2.45) is 11.5 Å². The number of rotatable bonds is 5. The van der Waals surface area contributed by atoms with Gasteiger partial charge in [0.1, 0.15) is 0 Å². The van der Waals surface area contributed by atoms with Gasteiger partial charge >= 0.3 is 0 Å². The highest BCUT2D eigenvalue weighted by Crippen LogP contribution is 2.20. The lowest BCUT2D eigenvalue weighted by atomic mass is 10.1. The number of benzene rings is 2. The van der Waals surface area contributed by atoms with Crippen LogP contribution in [-0.2, 0) is 0 Å². The molecular formula is C16H15Cl2N3O2. The van der Waals surface area contributed by atoms with Gasteiger partial charge in [-0.3, -0.25) is 9.59 Å². The molecule has 0 aliphatic rings. The Labute approximate surface area is 143 Å². The van der Waals surface area contributed by atoms with Crippen LogP contribution in [0.5, 0.6) is 0 Å². The third kappa shape index (κ3) is 4.22. The Bertz CT molecular complexity index is 750. The van der Waals surface area contributed by atoms with Crippen LogP contribution in [0.2, 0.25) is 10.0 Å². The molecule has 0 saturated heterocycles. The van der Waals surface area contributed by atoms with E-state index in [9.17, 15) is 9.59 Å². The molecule has 2 aromatic rings. The number of halogens is 2. The molecule has 0 radical (unpaired) electrons. The smallest absolute Gasteiger partial charge is 0.251 e. The third-order valence-electron chi connectivity index (χ3n) is 3.29. The molecular weight excluding hydrogens is 337 g/mol. The highest BCUT2D eigenvalue weighted by Gasteiger charge is 2.17. The molecule has 2 rings (SSSR count). The van der Waals surface area contributed by atoms with E-state index < -0.39 is 11.9 Å². The second-order valence-corrected chi connectivity index (χ2v) is 5.72. The Balaban J connectivity index is 2.23. The zero-order valence-corrected chi connectivity index (χ0v) is 13.6. The van der Waals surface area contributed by atoms with Crippen LogP contribution in [-0.4, -0.2) is 18.4 Å². The summed E-state index contributed by atoms with van der Waals surface area (Å²) in [5.41, 5.74) is 12.1. The summed E-state index contributed by atoms with van der Waals surface area (Å²) in [6.45, 7) is 0.197. The summed E-state index contributed by atoms with van der Waals surface area (Å²) < 4.78 is 0. The molecule has 1 atom stereocenters. The summed E-state index contributed by atoms with van der Waals surface area (Å²) in [6.07, 6.45) is 0. The van der Waals surface area contributed by atoms with Crippen LogP contribution in [0.15, 0.2) is 42.5 Å². The predicted octanol–water partition coefficient (Wildman–Crippen LogP) is 2.52. The summed E-state index contributed by atoms with van der Waals surface area (Å²) >= 11 is 11.8. The lowest BCUT2D eigenvalue weighted by Gasteiger charge is -2.18. The van der Waals surface area contributed by atoms with Gasteiger partial charge in [-0.1, -0.05) is 35.3 Å². The zero-order valence-electron chi connectivity index (χ0n) is 12.1. The number of carbonyl (C=O) groups excluding carboxylic acids is 2. The largest absolute Gasteiger partial charge is 0.366 e. The van der Waals surface area contributed by atoms with E-state index >= 15 is 0 Å². The van der Waals surface area contributed by atoms with E-state index in [1.807, 2.05) is 6.07 Å². The van der Waals surface area contributed by atoms with E-state index in [1.54, 1.807) is 18.2 Å². The molecule has 2 aromatic carbocycles. The van der Waals surface area contributed by atoms with Gasteiger partial charge in [0, 0.05) is 17.1 Å². The maximum atomic E-state index is 12.4. The molecule has 0 spiro atoms. The van der Waals surface area contributed by atoms with Gasteiger partial charge in [-0.2, -0.15) is 0 Å². The van der Waals surface area contributed by atoms with Crippen molar-refractivity contribution in [3.8, 4) is 0 Å². The quantitative estimate of drug-likeness (QED) is 0.771. The van der Waals surface area contributed by atoms with Gasteiger partial charge in [0.15, 0.2) is 0 Å².